The summed E-state index contributed by atoms with van der Waals surface area (Å²) in [4.78, 5) is 42.8. The van der Waals surface area contributed by atoms with Gasteiger partial charge in [0.1, 0.15) is 0 Å². The number of fused-ring (bicyclic) bond motifs is 2. The highest BCUT2D eigenvalue weighted by molar-refractivity contribution is 7.07. The van der Waals surface area contributed by atoms with Crippen LogP contribution in [-0.2, 0) is 9.53 Å². The first kappa shape index (κ1) is 24.7. The molecule has 0 aliphatic carbocycles. The Bertz CT molecular complexity index is 1690. The zero-order valence-corrected chi connectivity index (χ0v) is 21.5. The van der Waals surface area contributed by atoms with Gasteiger partial charge in [-0.3, -0.25) is 19.5 Å². The molecule has 3 heterocycles. The van der Waals surface area contributed by atoms with E-state index in [0.717, 1.165) is 11.3 Å². The molecule has 10 nitrogen and oxygen atoms in total. The molecule has 0 radical (unpaired) electrons. The Balaban J connectivity index is 1.74. The minimum atomic E-state index is -0.969. The third-order valence-electron chi connectivity index (χ3n) is 6.04. The Morgan fingerprint density at radius 2 is 2.03 bits per heavy atom. The molecule has 0 spiro atoms. The van der Waals surface area contributed by atoms with Crippen LogP contribution in [0.4, 0.5) is 5.69 Å². The summed E-state index contributed by atoms with van der Waals surface area (Å²) in [5.41, 5.74) is 1.34. The summed E-state index contributed by atoms with van der Waals surface area (Å²) in [5.74, 6) is 0.373. The molecule has 0 unspecified atom stereocenters. The summed E-state index contributed by atoms with van der Waals surface area (Å²) in [6, 6.07) is 6.96. The van der Waals surface area contributed by atoms with Gasteiger partial charge in [-0.1, -0.05) is 35.1 Å². The number of hydrogen-bond acceptors (Lipinski definition) is 9. The topological polar surface area (TPSA) is 122 Å². The van der Waals surface area contributed by atoms with E-state index >= 15 is 0 Å². The number of aryl methyl sites for hydroxylation is 1. The smallest absolute Gasteiger partial charge is 0.338 e. The first-order valence-corrected chi connectivity index (χ1v) is 12.4. The van der Waals surface area contributed by atoms with E-state index in [0.29, 0.717) is 48.2 Å². The van der Waals surface area contributed by atoms with Crippen molar-refractivity contribution in [1.82, 2.24) is 4.57 Å². The van der Waals surface area contributed by atoms with Crippen LogP contribution in [0.15, 0.2) is 51.4 Å². The first-order chi connectivity index (χ1) is 17.7. The van der Waals surface area contributed by atoms with Crippen molar-refractivity contribution in [2.45, 2.75) is 26.8 Å². The average Bonchev–Trinajstić information content (AvgIpc) is 3.42. The molecule has 0 saturated heterocycles. The fraction of sp³-hybridized carbons (Fsp3) is 0.240. The van der Waals surface area contributed by atoms with E-state index in [4.69, 9.17) is 25.8 Å². The van der Waals surface area contributed by atoms with Crippen LogP contribution in [0.1, 0.15) is 36.6 Å². The summed E-state index contributed by atoms with van der Waals surface area (Å²) >= 11 is 7.54. The second-order valence-corrected chi connectivity index (χ2v) is 9.75. The monoisotopic (exact) mass is 541 g/mol. The van der Waals surface area contributed by atoms with Crippen molar-refractivity contribution in [3.05, 3.63) is 93.1 Å². The first-order valence-electron chi connectivity index (χ1n) is 11.2. The molecule has 2 aliphatic heterocycles. The number of nitro groups is 1. The van der Waals surface area contributed by atoms with Crippen molar-refractivity contribution in [2.75, 3.05) is 13.4 Å². The van der Waals surface area contributed by atoms with Gasteiger partial charge in [0.05, 0.1) is 38.4 Å². The fourth-order valence-corrected chi connectivity index (χ4v) is 5.53. The molecule has 1 atom stereocenters. The number of benzene rings is 2. The van der Waals surface area contributed by atoms with Crippen LogP contribution in [0.2, 0.25) is 5.02 Å². The van der Waals surface area contributed by atoms with Gasteiger partial charge >= 0.3 is 5.97 Å². The van der Waals surface area contributed by atoms with Crippen molar-refractivity contribution < 1.29 is 23.9 Å². The Kier molecular flexibility index (Phi) is 6.34. The zero-order valence-electron chi connectivity index (χ0n) is 19.9. The SMILES string of the molecule is CCOC(=O)C1=C(C)N=c2s/c(=C/c3cc4c(cc3Cl)OCO4)c(=O)n2[C@@H]1c1ccc(C)c([N+](=O)[O-])c1. The van der Waals surface area contributed by atoms with Crippen LogP contribution in [0, 0.1) is 17.0 Å². The fourth-order valence-electron chi connectivity index (χ4n) is 4.28. The van der Waals surface area contributed by atoms with E-state index in [2.05, 4.69) is 4.99 Å². The largest absolute Gasteiger partial charge is 0.463 e. The van der Waals surface area contributed by atoms with Gasteiger partial charge in [0.15, 0.2) is 16.3 Å². The van der Waals surface area contributed by atoms with Crippen LogP contribution in [0.5, 0.6) is 11.5 Å². The highest BCUT2D eigenvalue weighted by Crippen LogP contribution is 2.37. The maximum absolute atomic E-state index is 13.7. The van der Waals surface area contributed by atoms with Crippen molar-refractivity contribution in [1.29, 1.82) is 0 Å². The molecule has 3 aromatic rings. The van der Waals surface area contributed by atoms with Crippen LogP contribution >= 0.6 is 22.9 Å². The molecule has 0 amide bonds. The van der Waals surface area contributed by atoms with Crippen LogP contribution in [0.3, 0.4) is 0 Å². The lowest BCUT2D eigenvalue weighted by Gasteiger charge is -2.24. The van der Waals surface area contributed by atoms with E-state index in [1.54, 1.807) is 51.1 Å². The normalized spacial score (nSPS) is 16.4. The molecule has 0 fully saturated rings. The molecule has 37 heavy (non-hydrogen) atoms. The number of ether oxygens (including phenoxy) is 3. The molecule has 190 valence electrons. The van der Waals surface area contributed by atoms with Gasteiger partial charge in [-0.05, 0) is 44.0 Å². The zero-order chi connectivity index (χ0) is 26.4. The number of thiazole rings is 1. The summed E-state index contributed by atoms with van der Waals surface area (Å²) in [6.07, 6.45) is 1.62. The Labute approximate surface area is 218 Å². The number of esters is 1. The van der Waals surface area contributed by atoms with E-state index in [1.807, 2.05) is 0 Å². The van der Waals surface area contributed by atoms with E-state index in [1.165, 1.54) is 10.6 Å². The number of halogens is 1. The van der Waals surface area contributed by atoms with Crippen LogP contribution in [0.25, 0.3) is 6.08 Å². The maximum atomic E-state index is 13.7. The number of carbonyl (C=O) groups is 1. The van der Waals surface area contributed by atoms with Gasteiger partial charge in [-0.15, -0.1) is 0 Å². The van der Waals surface area contributed by atoms with E-state index in [-0.39, 0.29) is 24.7 Å². The van der Waals surface area contributed by atoms with Crippen molar-refractivity contribution in [3.8, 4) is 11.5 Å². The minimum Gasteiger partial charge on any atom is -0.463 e. The van der Waals surface area contributed by atoms with Crippen LogP contribution in [-0.4, -0.2) is 28.9 Å². The molecule has 1 aromatic heterocycles. The number of rotatable bonds is 5. The van der Waals surface area contributed by atoms with Gasteiger partial charge in [0.2, 0.25) is 6.79 Å². The number of carbonyl (C=O) groups excluding carboxylic acids is 1. The molecular weight excluding hydrogens is 522 g/mol. The molecule has 2 aromatic carbocycles. The average molecular weight is 542 g/mol. The maximum Gasteiger partial charge on any atom is 0.338 e. The Morgan fingerprint density at radius 1 is 1.30 bits per heavy atom. The van der Waals surface area contributed by atoms with Crippen molar-refractivity contribution >= 4 is 40.7 Å². The lowest BCUT2D eigenvalue weighted by molar-refractivity contribution is -0.385. The molecule has 0 saturated carbocycles. The molecule has 5 rings (SSSR count). The summed E-state index contributed by atoms with van der Waals surface area (Å²) in [7, 11) is 0. The lowest BCUT2D eigenvalue weighted by atomic mass is 9.94. The second kappa shape index (κ2) is 9.49. The van der Waals surface area contributed by atoms with Gasteiger partial charge in [0, 0.05) is 17.7 Å². The van der Waals surface area contributed by atoms with Gasteiger partial charge in [0.25, 0.3) is 11.2 Å². The molecule has 0 N–H and O–H groups in total. The summed E-state index contributed by atoms with van der Waals surface area (Å²) in [5, 5.41) is 12.0. The molecule has 2 aliphatic rings. The third kappa shape index (κ3) is 4.30. The summed E-state index contributed by atoms with van der Waals surface area (Å²) < 4.78 is 17.7. The van der Waals surface area contributed by atoms with Gasteiger partial charge in [-0.25, -0.2) is 9.79 Å². The molecule has 0 bridgehead atoms. The second-order valence-electron chi connectivity index (χ2n) is 8.33. The Morgan fingerprint density at radius 3 is 2.73 bits per heavy atom. The third-order valence-corrected chi connectivity index (χ3v) is 7.35. The number of aromatic nitrogens is 1. The predicted molar refractivity (Wildman–Crippen MR) is 136 cm³/mol. The van der Waals surface area contributed by atoms with Crippen molar-refractivity contribution in [3.63, 3.8) is 0 Å². The van der Waals surface area contributed by atoms with Gasteiger partial charge < -0.3 is 14.2 Å². The molecular formula is C25H20ClN3O7S. The van der Waals surface area contributed by atoms with Gasteiger partial charge in [-0.2, -0.15) is 0 Å². The number of nitro benzene ring substituents is 1. The quantitative estimate of drug-likeness (QED) is 0.275. The predicted octanol–water partition coefficient (Wildman–Crippen LogP) is 3.40. The van der Waals surface area contributed by atoms with E-state index < -0.39 is 22.5 Å². The number of nitrogens with zero attached hydrogens (tertiary/aromatic N) is 3. The lowest BCUT2D eigenvalue weighted by Crippen LogP contribution is -2.40. The van der Waals surface area contributed by atoms with Crippen LogP contribution < -0.4 is 24.4 Å². The minimum absolute atomic E-state index is 0.0793. The number of allylic oxidation sites excluding steroid dienone is 1. The molecule has 12 heteroatoms. The van der Waals surface area contributed by atoms with Crippen molar-refractivity contribution in [2.24, 2.45) is 4.99 Å². The number of hydrogen-bond donors (Lipinski definition) is 0. The highest BCUT2D eigenvalue weighted by atomic mass is 35.5. The Hall–Kier alpha value is -3.96. The highest BCUT2D eigenvalue weighted by Gasteiger charge is 2.34. The summed E-state index contributed by atoms with van der Waals surface area (Å²) in [6.45, 7) is 5.13. The van der Waals surface area contributed by atoms with E-state index in [9.17, 15) is 19.7 Å². The standard InChI is InChI=1S/C25H20ClN3O7S/c1-4-34-24(31)21-13(3)27-25-28(22(21)14-6-5-12(2)17(7-14)29(32)33)23(30)20(37-25)9-15-8-18-19(10-16(15)26)36-11-35-18/h5-10,22H,4,11H2,1-3H3/b20-9+/t22-/m1/s1.